The van der Waals surface area contributed by atoms with Crippen LogP contribution < -0.4 is 5.32 Å². The number of thiazole rings is 1. The second kappa shape index (κ2) is 3.06. The molecule has 0 bridgehead atoms. The van der Waals surface area contributed by atoms with Crippen LogP contribution in [0.5, 0.6) is 0 Å². The Morgan fingerprint density at radius 3 is 3.15 bits per heavy atom. The zero-order valence-electron chi connectivity index (χ0n) is 6.81. The van der Waals surface area contributed by atoms with Crippen LogP contribution >= 0.6 is 11.3 Å². The summed E-state index contributed by atoms with van der Waals surface area (Å²) in [5.41, 5.74) is 2.24. The average molecular weight is 194 g/mol. The van der Waals surface area contributed by atoms with Gasteiger partial charge in [0.15, 0.2) is 5.65 Å². The van der Waals surface area contributed by atoms with E-state index in [0.29, 0.717) is 5.65 Å². The van der Waals surface area contributed by atoms with E-state index >= 15 is 0 Å². The molecule has 0 aliphatic heterocycles. The van der Waals surface area contributed by atoms with Crippen molar-refractivity contribution in [3.8, 4) is 0 Å². The van der Waals surface area contributed by atoms with Gasteiger partial charge in [0.25, 0.3) is 5.91 Å². The fourth-order valence-electron chi connectivity index (χ4n) is 0.892. The van der Waals surface area contributed by atoms with Crippen molar-refractivity contribution in [2.45, 2.75) is 0 Å². The van der Waals surface area contributed by atoms with Gasteiger partial charge in [-0.1, -0.05) is 0 Å². The van der Waals surface area contributed by atoms with Gasteiger partial charge in [0, 0.05) is 7.05 Å². The van der Waals surface area contributed by atoms with E-state index in [1.807, 2.05) is 0 Å². The summed E-state index contributed by atoms with van der Waals surface area (Å²) in [6, 6.07) is 0. The topological polar surface area (TPSA) is 67.8 Å². The molecule has 2 rings (SSSR count). The minimum Gasteiger partial charge on any atom is -0.352 e. The highest BCUT2D eigenvalue weighted by atomic mass is 32.1. The van der Waals surface area contributed by atoms with Gasteiger partial charge < -0.3 is 5.32 Å². The van der Waals surface area contributed by atoms with E-state index in [1.165, 1.54) is 18.4 Å². The minimum absolute atomic E-state index is 0.154. The van der Waals surface area contributed by atoms with E-state index in [1.54, 1.807) is 11.7 Å². The summed E-state index contributed by atoms with van der Waals surface area (Å²) in [6.07, 6.45) is 1.60. The van der Waals surface area contributed by atoms with E-state index in [2.05, 4.69) is 20.3 Å². The third-order valence-electron chi connectivity index (χ3n) is 1.52. The summed E-state index contributed by atoms with van der Waals surface area (Å²) >= 11 is 1.45. The summed E-state index contributed by atoms with van der Waals surface area (Å²) in [5, 5.41) is 2.45. The summed E-state index contributed by atoms with van der Waals surface area (Å²) < 4.78 is 0.882. The predicted molar refractivity (Wildman–Crippen MR) is 48.6 cm³/mol. The highest BCUT2D eigenvalue weighted by Gasteiger charge is 2.08. The van der Waals surface area contributed by atoms with Crippen molar-refractivity contribution in [1.82, 2.24) is 20.3 Å². The Hall–Kier alpha value is -1.56. The van der Waals surface area contributed by atoms with E-state index in [4.69, 9.17) is 0 Å². The molecular formula is C7H6N4OS. The molecule has 0 aromatic carbocycles. The van der Waals surface area contributed by atoms with Gasteiger partial charge >= 0.3 is 0 Å². The van der Waals surface area contributed by atoms with Crippen molar-refractivity contribution in [2.24, 2.45) is 0 Å². The zero-order valence-corrected chi connectivity index (χ0v) is 7.63. The Morgan fingerprint density at radius 1 is 1.54 bits per heavy atom. The normalized spacial score (nSPS) is 10.2. The summed E-state index contributed by atoms with van der Waals surface area (Å²) in [5.74, 6) is -0.143. The Bertz CT molecular complexity index is 452. The molecule has 0 radical (unpaired) electrons. The maximum absolute atomic E-state index is 11.1. The standard InChI is InChI=1S/C7H6N4OS/c1-8-7(12)6-9-2-4-5(11-6)10-3-13-4/h2-3H,1H3,(H,8,12). The number of rotatable bonds is 1. The molecule has 1 N–H and O–H groups in total. The monoisotopic (exact) mass is 194 g/mol. The van der Waals surface area contributed by atoms with Crippen molar-refractivity contribution in [3.63, 3.8) is 0 Å². The molecule has 66 valence electrons. The zero-order chi connectivity index (χ0) is 9.26. The number of nitrogens with zero attached hydrogens (tertiary/aromatic N) is 3. The minimum atomic E-state index is -0.296. The predicted octanol–water partition coefficient (Wildman–Crippen LogP) is 0.446. The van der Waals surface area contributed by atoms with Crippen molar-refractivity contribution < 1.29 is 4.79 Å². The van der Waals surface area contributed by atoms with E-state index in [9.17, 15) is 4.79 Å². The number of carbonyl (C=O) groups excluding carboxylic acids is 1. The molecule has 0 spiro atoms. The van der Waals surface area contributed by atoms with Crippen LogP contribution in [0, 0.1) is 0 Å². The fourth-order valence-corrected chi connectivity index (χ4v) is 1.48. The molecule has 0 atom stereocenters. The molecule has 2 heterocycles. The summed E-state index contributed by atoms with van der Waals surface area (Å²) in [7, 11) is 1.54. The first-order valence-electron chi connectivity index (χ1n) is 3.59. The van der Waals surface area contributed by atoms with Gasteiger partial charge in [-0.2, -0.15) is 0 Å². The lowest BCUT2D eigenvalue weighted by Gasteiger charge is -1.95. The SMILES string of the molecule is CNC(=O)c1ncc2scnc2n1. The van der Waals surface area contributed by atoms with Crippen LogP contribution in [0.25, 0.3) is 10.3 Å². The van der Waals surface area contributed by atoms with E-state index < -0.39 is 0 Å². The van der Waals surface area contributed by atoms with Crippen molar-refractivity contribution >= 4 is 27.6 Å². The second-order valence-corrected chi connectivity index (χ2v) is 3.20. The third-order valence-corrected chi connectivity index (χ3v) is 2.27. The van der Waals surface area contributed by atoms with E-state index in [-0.39, 0.29) is 11.7 Å². The number of nitrogens with one attached hydrogen (secondary N) is 1. The van der Waals surface area contributed by atoms with Crippen LogP contribution in [0.15, 0.2) is 11.7 Å². The lowest BCUT2D eigenvalue weighted by Crippen LogP contribution is -2.20. The van der Waals surface area contributed by atoms with Crippen LogP contribution in [0.3, 0.4) is 0 Å². The van der Waals surface area contributed by atoms with Crippen LogP contribution in [-0.4, -0.2) is 27.9 Å². The van der Waals surface area contributed by atoms with Crippen molar-refractivity contribution in [1.29, 1.82) is 0 Å². The highest BCUT2D eigenvalue weighted by Crippen LogP contribution is 2.13. The first-order chi connectivity index (χ1) is 6.31. The lowest BCUT2D eigenvalue weighted by molar-refractivity contribution is 0.0953. The molecule has 2 aromatic heterocycles. The molecule has 0 aliphatic carbocycles. The lowest BCUT2D eigenvalue weighted by atomic mass is 10.5. The molecule has 0 saturated carbocycles. The number of hydrogen-bond acceptors (Lipinski definition) is 5. The van der Waals surface area contributed by atoms with Gasteiger partial charge in [0.2, 0.25) is 5.82 Å². The Morgan fingerprint density at radius 2 is 2.38 bits per heavy atom. The highest BCUT2D eigenvalue weighted by molar-refractivity contribution is 7.16. The Kier molecular flexibility index (Phi) is 1.90. The van der Waals surface area contributed by atoms with Gasteiger partial charge in [-0.3, -0.25) is 4.79 Å². The van der Waals surface area contributed by atoms with Gasteiger partial charge in [-0.05, 0) is 0 Å². The van der Waals surface area contributed by atoms with Crippen LogP contribution in [0.4, 0.5) is 0 Å². The van der Waals surface area contributed by atoms with Crippen LogP contribution in [0.1, 0.15) is 10.6 Å². The molecule has 2 aromatic rings. The number of fused-ring (bicyclic) bond motifs is 1. The molecule has 5 nitrogen and oxygen atoms in total. The van der Waals surface area contributed by atoms with Gasteiger partial charge in [-0.15, -0.1) is 11.3 Å². The molecule has 13 heavy (non-hydrogen) atoms. The quantitative estimate of drug-likeness (QED) is 0.715. The Labute approximate surface area is 77.9 Å². The number of amides is 1. The second-order valence-electron chi connectivity index (χ2n) is 2.31. The first-order valence-corrected chi connectivity index (χ1v) is 4.47. The number of hydrogen-bond donors (Lipinski definition) is 1. The summed E-state index contributed by atoms with van der Waals surface area (Å²) in [6.45, 7) is 0. The fraction of sp³-hybridized carbons (Fsp3) is 0.143. The number of carbonyl (C=O) groups is 1. The van der Waals surface area contributed by atoms with Crippen LogP contribution in [-0.2, 0) is 0 Å². The van der Waals surface area contributed by atoms with E-state index in [0.717, 1.165) is 4.70 Å². The maximum atomic E-state index is 11.1. The van der Waals surface area contributed by atoms with Gasteiger partial charge in [0.1, 0.15) is 0 Å². The molecule has 0 fully saturated rings. The molecule has 0 saturated heterocycles. The Balaban J connectivity index is 2.54. The smallest absolute Gasteiger partial charge is 0.288 e. The maximum Gasteiger partial charge on any atom is 0.288 e. The first kappa shape index (κ1) is 8.06. The molecular weight excluding hydrogens is 188 g/mol. The molecule has 0 unspecified atom stereocenters. The average Bonchev–Trinajstić information content (AvgIpc) is 2.63. The summed E-state index contributed by atoms with van der Waals surface area (Å²) in [4.78, 5) is 23.0. The molecule has 0 aliphatic rings. The van der Waals surface area contributed by atoms with Crippen molar-refractivity contribution in [2.75, 3.05) is 7.05 Å². The van der Waals surface area contributed by atoms with Gasteiger partial charge in [0.05, 0.1) is 16.4 Å². The number of aromatic nitrogens is 3. The molecule has 1 amide bonds. The van der Waals surface area contributed by atoms with Gasteiger partial charge in [-0.25, -0.2) is 15.0 Å². The third kappa shape index (κ3) is 1.35. The van der Waals surface area contributed by atoms with Crippen molar-refractivity contribution in [3.05, 3.63) is 17.5 Å². The van der Waals surface area contributed by atoms with Crippen LogP contribution in [0.2, 0.25) is 0 Å². The largest absolute Gasteiger partial charge is 0.352 e. The molecule has 6 heteroatoms.